The second-order valence-electron chi connectivity index (χ2n) is 3.18. The predicted molar refractivity (Wildman–Crippen MR) is 69.7 cm³/mol. The first kappa shape index (κ1) is 15.1. The van der Waals surface area contributed by atoms with Crippen molar-refractivity contribution >= 4 is 37.3 Å². The first-order chi connectivity index (χ1) is 8.02. The highest BCUT2D eigenvalue weighted by molar-refractivity contribution is 9.11. The van der Waals surface area contributed by atoms with Gasteiger partial charge in [0.05, 0.1) is 17.0 Å². The lowest BCUT2D eigenvalue weighted by Gasteiger charge is -2.19. The van der Waals surface area contributed by atoms with Crippen LogP contribution in [0.1, 0.15) is 0 Å². The molecule has 0 spiro atoms. The molecule has 0 aliphatic carbocycles. The van der Waals surface area contributed by atoms with Crippen molar-refractivity contribution in [1.29, 1.82) is 0 Å². The number of sulfonamides is 1. The zero-order valence-corrected chi connectivity index (χ0v) is 12.5. The molecule has 1 rings (SSSR count). The van der Waals surface area contributed by atoms with Crippen molar-refractivity contribution < 1.29 is 18.3 Å². The van der Waals surface area contributed by atoms with Gasteiger partial charge < -0.3 is 9.84 Å². The molecule has 98 valence electrons. The van der Waals surface area contributed by atoms with Gasteiger partial charge in [-0.05, 0) is 28.1 Å². The van der Waals surface area contributed by atoms with E-state index in [2.05, 4.69) is 15.9 Å². The zero-order chi connectivity index (χ0) is 12.9. The monoisotopic (exact) mass is 343 g/mol. The third-order valence-electron chi connectivity index (χ3n) is 2.04. The molecule has 0 aromatic carbocycles. The van der Waals surface area contributed by atoms with Gasteiger partial charge in [0.1, 0.15) is 4.21 Å². The van der Waals surface area contributed by atoms with Gasteiger partial charge in [-0.25, -0.2) is 8.42 Å². The molecule has 1 heterocycles. The molecule has 0 bridgehead atoms. The number of methoxy groups -OCH3 is 1. The van der Waals surface area contributed by atoms with E-state index in [9.17, 15) is 8.42 Å². The summed E-state index contributed by atoms with van der Waals surface area (Å²) >= 11 is 4.37. The van der Waals surface area contributed by atoms with Crippen LogP contribution < -0.4 is 0 Å². The molecule has 0 aliphatic heterocycles. The van der Waals surface area contributed by atoms with E-state index in [0.29, 0.717) is 6.61 Å². The number of thiophene rings is 1. The van der Waals surface area contributed by atoms with Crippen LogP contribution in [0.25, 0.3) is 0 Å². The molecule has 0 amide bonds. The predicted octanol–water partition coefficient (Wildman–Crippen LogP) is 1.14. The molecule has 0 aliphatic rings. The molecule has 17 heavy (non-hydrogen) atoms. The first-order valence-corrected chi connectivity index (χ1v) is 7.92. The number of nitrogens with zero attached hydrogens (tertiary/aromatic N) is 1. The van der Waals surface area contributed by atoms with Gasteiger partial charge in [0.2, 0.25) is 0 Å². The second kappa shape index (κ2) is 6.81. The summed E-state index contributed by atoms with van der Waals surface area (Å²) in [4.78, 5) is 0. The first-order valence-electron chi connectivity index (χ1n) is 4.87. The Bertz CT molecular complexity index is 446. The molecule has 0 saturated carbocycles. The number of hydrogen-bond acceptors (Lipinski definition) is 5. The van der Waals surface area contributed by atoms with Crippen molar-refractivity contribution in [2.24, 2.45) is 0 Å². The lowest BCUT2D eigenvalue weighted by molar-refractivity contribution is 0.169. The molecule has 1 aromatic rings. The highest BCUT2D eigenvalue weighted by Crippen LogP contribution is 2.28. The van der Waals surface area contributed by atoms with Gasteiger partial charge >= 0.3 is 0 Å². The summed E-state index contributed by atoms with van der Waals surface area (Å²) in [6, 6.07) is 3.23. The minimum Gasteiger partial charge on any atom is -0.395 e. The Kier molecular flexibility index (Phi) is 6.04. The maximum atomic E-state index is 12.2. The van der Waals surface area contributed by atoms with E-state index >= 15 is 0 Å². The topological polar surface area (TPSA) is 66.8 Å². The van der Waals surface area contributed by atoms with Crippen molar-refractivity contribution in [3.63, 3.8) is 0 Å². The summed E-state index contributed by atoms with van der Waals surface area (Å²) in [6.45, 7) is 0.386. The minimum atomic E-state index is -3.53. The van der Waals surface area contributed by atoms with Gasteiger partial charge in [-0.3, -0.25) is 0 Å². The van der Waals surface area contributed by atoms with E-state index in [4.69, 9.17) is 9.84 Å². The largest absolute Gasteiger partial charge is 0.395 e. The van der Waals surface area contributed by atoms with Crippen LogP contribution in [0.2, 0.25) is 0 Å². The van der Waals surface area contributed by atoms with E-state index in [0.717, 1.165) is 15.1 Å². The van der Waals surface area contributed by atoms with E-state index in [1.54, 1.807) is 12.1 Å². The van der Waals surface area contributed by atoms with E-state index in [-0.39, 0.29) is 23.9 Å². The summed E-state index contributed by atoms with van der Waals surface area (Å²) in [6.07, 6.45) is 0. The summed E-state index contributed by atoms with van der Waals surface area (Å²) < 4.78 is 31.5. The molecule has 0 unspecified atom stereocenters. The van der Waals surface area contributed by atoms with Gasteiger partial charge in [-0.15, -0.1) is 11.3 Å². The van der Waals surface area contributed by atoms with Crippen molar-refractivity contribution in [3.05, 3.63) is 15.9 Å². The maximum absolute atomic E-state index is 12.2. The molecule has 0 radical (unpaired) electrons. The van der Waals surface area contributed by atoms with Crippen LogP contribution in [0.3, 0.4) is 0 Å². The standard InChI is InChI=1S/C9H14BrNO4S2/c1-15-7-5-11(4-6-12)17(13,14)9-3-2-8(10)16-9/h2-3,12H,4-7H2,1H3. The number of hydrogen-bond donors (Lipinski definition) is 1. The van der Waals surface area contributed by atoms with Crippen LogP contribution in [-0.4, -0.2) is 51.2 Å². The summed E-state index contributed by atoms with van der Waals surface area (Å²) in [5.41, 5.74) is 0. The Hall–Kier alpha value is 0.01000. The Labute approximate surface area is 113 Å². The van der Waals surface area contributed by atoms with E-state index < -0.39 is 10.0 Å². The fourth-order valence-electron chi connectivity index (χ4n) is 1.22. The number of halogens is 1. The van der Waals surface area contributed by atoms with Crippen molar-refractivity contribution in [2.75, 3.05) is 33.4 Å². The molecule has 0 saturated heterocycles. The molecule has 1 aromatic heterocycles. The average Bonchev–Trinajstić information content (AvgIpc) is 2.71. The van der Waals surface area contributed by atoms with E-state index in [1.807, 2.05) is 0 Å². The summed E-state index contributed by atoms with van der Waals surface area (Å²) in [7, 11) is -2.03. The lowest BCUT2D eigenvalue weighted by Crippen LogP contribution is -2.35. The molecule has 8 heteroatoms. The number of ether oxygens (including phenoxy) is 1. The highest BCUT2D eigenvalue weighted by Gasteiger charge is 2.25. The second-order valence-corrected chi connectivity index (χ2v) is 7.81. The molecule has 5 nitrogen and oxygen atoms in total. The normalized spacial score (nSPS) is 12.2. The van der Waals surface area contributed by atoms with Gasteiger partial charge in [0.25, 0.3) is 10.0 Å². The van der Waals surface area contributed by atoms with Crippen molar-refractivity contribution in [3.8, 4) is 0 Å². The smallest absolute Gasteiger partial charge is 0.252 e. The van der Waals surface area contributed by atoms with Crippen LogP contribution in [0, 0.1) is 0 Å². The summed E-state index contributed by atoms with van der Waals surface area (Å²) in [5.74, 6) is 0. The zero-order valence-electron chi connectivity index (χ0n) is 9.30. The van der Waals surface area contributed by atoms with Gasteiger partial charge in [0.15, 0.2) is 0 Å². The molecule has 1 N–H and O–H groups in total. The SMILES string of the molecule is COCCN(CCO)S(=O)(=O)c1ccc(Br)s1. The van der Waals surface area contributed by atoms with Crippen molar-refractivity contribution in [1.82, 2.24) is 4.31 Å². The molecule has 0 atom stereocenters. The average molecular weight is 344 g/mol. The van der Waals surface area contributed by atoms with E-state index in [1.165, 1.54) is 11.4 Å². The lowest BCUT2D eigenvalue weighted by atomic mass is 10.6. The van der Waals surface area contributed by atoms with Crippen LogP contribution >= 0.6 is 27.3 Å². The minimum absolute atomic E-state index is 0.0706. The fraction of sp³-hybridized carbons (Fsp3) is 0.556. The number of rotatable bonds is 7. The quantitative estimate of drug-likeness (QED) is 0.806. The fourth-order valence-corrected chi connectivity index (χ4v) is 4.80. The van der Waals surface area contributed by atoms with Crippen LogP contribution in [0.15, 0.2) is 20.1 Å². The highest BCUT2D eigenvalue weighted by atomic mass is 79.9. The van der Waals surface area contributed by atoms with Crippen LogP contribution in [0.4, 0.5) is 0 Å². The van der Waals surface area contributed by atoms with Crippen molar-refractivity contribution in [2.45, 2.75) is 4.21 Å². The Morgan fingerprint density at radius 2 is 2.18 bits per heavy atom. The van der Waals surface area contributed by atoms with Gasteiger partial charge in [0, 0.05) is 20.2 Å². The number of aliphatic hydroxyl groups excluding tert-OH is 1. The third-order valence-corrected chi connectivity index (χ3v) is 6.03. The number of aliphatic hydroxyl groups is 1. The molecule has 0 fully saturated rings. The summed E-state index contributed by atoms with van der Waals surface area (Å²) in [5, 5.41) is 8.90. The van der Waals surface area contributed by atoms with Gasteiger partial charge in [-0.1, -0.05) is 0 Å². The van der Waals surface area contributed by atoms with Gasteiger partial charge in [-0.2, -0.15) is 4.31 Å². The molecular weight excluding hydrogens is 330 g/mol. The maximum Gasteiger partial charge on any atom is 0.252 e. The van der Waals surface area contributed by atoms with Crippen LogP contribution in [-0.2, 0) is 14.8 Å². The third kappa shape index (κ3) is 4.01. The Morgan fingerprint density at radius 1 is 1.47 bits per heavy atom. The Balaban J connectivity index is 2.91. The Morgan fingerprint density at radius 3 is 2.65 bits per heavy atom. The molecular formula is C9H14BrNO4S2. The van der Waals surface area contributed by atoms with Crippen LogP contribution in [0.5, 0.6) is 0 Å².